The maximum Gasteiger partial charge on any atom is 0.412 e. The van der Waals surface area contributed by atoms with Crippen LogP contribution in [-0.4, -0.2) is 68.5 Å². The van der Waals surface area contributed by atoms with Crippen molar-refractivity contribution in [1.29, 1.82) is 0 Å². The van der Waals surface area contributed by atoms with Gasteiger partial charge in [0.2, 0.25) is 5.66 Å². The fourth-order valence-corrected chi connectivity index (χ4v) is 4.66. The van der Waals surface area contributed by atoms with E-state index in [4.69, 9.17) is 16.2 Å². The lowest BCUT2D eigenvalue weighted by Gasteiger charge is -2.43. The Bertz CT molecular complexity index is 887. The first-order chi connectivity index (χ1) is 13.7. The van der Waals surface area contributed by atoms with Gasteiger partial charge in [0.25, 0.3) is 5.79 Å². The van der Waals surface area contributed by atoms with Gasteiger partial charge in [0.15, 0.2) is 12.1 Å². The van der Waals surface area contributed by atoms with Crippen LogP contribution in [0.5, 0.6) is 0 Å². The SMILES string of the molecule is CC[C@@H]1NC(N)=[N+]2[C@@H](C)[C@H](OC(=O)Nc3ccccc3)C(O)(O)[C@@]23NC(N)=N[C@@H]13. The molecule has 5 atom stereocenters. The Balaban J connectivity index is 1.69. The van der Waals surface area contributed by atoms with E-state index in [0.29, 0.717) is 12.1 Å². The number of hydrogen-bond acceptors (Lipinski definition) is 9. The van der Waals surface area contributed by atoms with Crippen molar-refractivity contribution in [2.75, 3.05) is 5.32 Å². The van der Waals surface area contributed by atoms with Crippen LogP contribution in [0.3, 0.4) is 0 Å². The molecule has 1 spiro atoms. The Morgan fingerprint density at radius 2 is 2.03 bits per heavy atom. The first-order valence-corrected chi connectivity index (χ1v) is 9.49. The summed E-state index contributed by atoms with van der Waals surface area (Å²) in [6.07, 6.45) is -1.54. The normalized spacial score (nSPS) is 34.4. The molecule has 11 heteroatoms. The van der Waals surface area contributed by atoms with Crippen molar-refractivity contribution in [1.82, 2.24) is 10.6 Å². The molecule has 0 bridgehead atoms. The van der Waals surface area contributed by atoms with Crippen LogP contribution in [0.2, 0.25) is 0 Å². The Hall–Kier alpha value is -3.05. The van der Waals surface area contributed by atoms with E-state index in [0.717, 1.165) is 0 Å². The van der Waals surface area contributed by atoms with Gasteiger partial charge in [0.1, 0.15) is 18.1 Å². The maximum atomic E-state index is 12.5. The molecule has 0 unspecified atom stereocenters. The summed E-state index contributed by atoms with van der Waals surface area (Å²) in [5, 5.41) is 31.2. The zero-order valence-corrected chi connectivity index (χ0v) is 16.2. The Kier molecular flexibility index (Phi) is 4.32. The monoisotopic (exact) mass is 404 g/mol. The molecule has 1 aromatic rings. The average Bonchev–Trinajstić information content (AvgIpc) is 3.10. The van der Waals surface area contributed by atoms with E-state index < -0.39 is 35.7 Å². The summed E-state index contributed by atoms with van der Waals surface area (Å²) in [6.45, 7) is 3.61. The van der Waals surface area contributed by atoms with Gasteiger partial charge in [-0.25, -0.2) is 14.4 Å². The summed E-state index contributed by atoms with van der Waals surface area (Å²) in [5.41, 5.74) is 11.1. The number of nitrogens with one attached hydrogen (secondary N) is 3. The number of nitrogens with zero attached hydrogens (tertiary/aromatic N) is 2. The molecule has 1 aromatic carbocycles. The number of para-hydroxylation sites is 1. The quantitative estimate of drug-likeness (QED) is 0.233. The van der Waals surface area contributed by atoms with E-state index in [1.165, 1.54) is 0 Å². The fourth-order valence-electron chi connectivity index (χ4n) is 4.66. The number of aliphatic imine (C=N–C) groups is 1. The van der Waals surface area contributed by atoms with Gasteiger partial charge in [-0.2, -0.15) is 0 Å². The van der Waals surface area contributed by atoms with E-state index in [1.807, 2.05) is 13.0 Å². The number of benzene rings is 1. The molecule has 0 aromatic heterocycles. The van der Waals surface area contributed by atoms with Gasteiger partial charge in [0, 0.05) is 5.69 Å². The maximum absolute atomic E-state index is 12.5. The Labute approximate surface area is 167 Å². The van der Waals surface area contributed by atoms with Crippen molar-refractivity contribution in [2.45, 2.75) is 55.9 Å². The standard InChI is InChI=1S/C18H25N7O4/c1-3-11-12-17(24-14(19)23-12)18(27,28)13(9(2)25(17)15(20)22-11)29-16(26)21-10-7-5-4-6-8-10/h4-9,11-13,27-28H,3H2,1-2H3,(H6,19,20,21,22,23,24,26)/p+1/t9-,11-,12-,13-,17-/m0/s1. The number of amides is 1. The molecule has 4 rings (SSSR count). The predicted molar refractivity (Wildman–Crippen MR) is 105 cm³/mol. The molecule has 3 aliphatic heterocycles. The fraction of sp³-hybridized carbons (Fsp3) is 0.500. The van der Waals surface area contributed by atoms with Crippen molar-refractivity contribution in [2.24, 2.45) is 16.5 Å². The summed E-state index contributed by atoms with van der Waals surface area (Å²) in [7, 11) is 0. The summed E-state index contributed by atoms with van der Waals surface area (Å²) < 4.78 is 7.02. The van der Waals surface area contributed by atoms with E-state index in [9.17, 15) is 15.0 Å². The van der Waals surface area contributed by atoms with Gasteiger partial charge in [0.05, 0.1) is 0 Å². The molecule has 1 amide bonds. The van der Waals surface area contributed by atoms with Crippen molar-refractivity contribution < 1.29 is 24.3 Å². The van der Waals surface area contributed by atoms with Crippen LogP contribution < -0.4 is 27.4 Å². The minimum absolute atomic E-state index is 0.0593. The molecule has 0 radical (unpaired) electrons. The topological polar surface area (TPSA) is 170 Å². The predicted octanol–water partition coefficient (Wildman–Crippen LogP) is -1.62. The summed E-state index contributed by atoms with van der Waals surface area (Å²) in [5.74, 6) is -2.25. The second kappa shape index (κ2) is 6.49. The van der Waals surface area contributed by atoms with Crippen LogP contribution in [-0.2, 0) is 4.74 Å². The average molecular weight is 404 g/mol. The molecule has 29 heavy (non-hydrogen) atoms. The number of nitrogens with two attached hydrogens (primary N) is 2. The number of carbonyl (C=O) groups is 1. The molecular formula is C18H26N7O4+. The zero-order valence-electron chi connectivity index (χ0n) is 16.2. The van der Waals surface area contributed by atoms with Gasteiger partial charge < -0.3 is 26.0 Å². The number of carbonyl (C=O) groups excluding carboxylic acids is 1. The Morgan fingerprint density at radius 3 is 2.69 bits per heavy atom. The lowest BCUT2D eigenvalue weighted by Crippen LogP contribution is -2.78. The van der Waals surface area contributed by atoms with Gasteiger partial charge in [-0.1, -0.05) is 25.1 Å². The smallest absolute Gasteiger partial charge is 0.412 e. The number of aliphatic hydroxyl groups is 2. The zero-order chi connectivity index (χ0) is 21.0. The van der Waals surface area contributed by atoms with Gasteiger partial charge in [-0.05, 0) is 25.5 Å². The molecule has 156 valence electrons. The van der Waals surface area contributed by atoms with Crippen LogP contribution in [0, 0.1) is 0 Å². The highest BCUT2D eigenvalue weighted by Gasteiger charge is 2.78. The number of ether oxygens (including phenoxy) is 1. The van der Waals surface area contributed by atoms with Crippen LogP contribution >= 0.6 is 0 Å². The third kappa shape index (κ3) is 2.61. The lowest BCUT2D eigenvalue weighted by molar-refractivity contribution is -0.646. The van der Waals surface area contributed by atoms with E-state index in [-0.39, 0.29) is 18.0 Å². The second-order valence-corrected chi connectivity index (χ2v) is 7.55. The molecule has 1 fully saturated rings. The lowest BCUT2D eigenvalue weighted by atomic mass is 9.85. The van der Waals surface area contributed by atoms with E-state index in [2.05, 4.69) is 20.9 Å². The Morgan fingerprint density at radius 1 is 1.34 bits per heavy atom. The summed E-state index contributed by atoms with van der Waals surface area (Å²) >= 11 is 0. The minimum atomic E-state index is -2.53. The molecule has 9 N–H and O–H groups in total. The van der Waals surface area contributed by atoms with Crippen LogP contribution in [0.4, 0.5) is 10.5 Å². The van der Waals surface area contributed by atoms with Crippen LogP contribution in [0.15, 0.2) is 35.3 Å². The molecule has 3 heterocycles. The van der Waals surface area contributed by atoms with Gasteiger partial charge in [-0.3, -0.25) is 16.4 Å². The minimum Gasteiger partial charge on any atom is -0.436 e. The first kappa shape index (κ1) is 19.3. The summed E-state index contributed by atoms with van der Waals surface area (Å²) in [6, 6.07) is 7.07. The highest BCUT2D eigenvalue weighted by Crippen LogP contribution is 2.45. The number of rotatable bonds is 3. The van der Waals surface area contributed by atoms with E-state index in [1.54, 1.807) is 35.8 Å². The number of anilines is 1. The molecule has 3 aliphatic rings. The summed E-state index contributed by atoms with van der Waals surface area (Å²) in [4.78, 5) is 16.8. The van der Waals surface area contributed by atoms with Crippen molar-refractivity contribution in [3.8, 4) is 0 Å². The van der Waals surface area contributed by atoms with Crippen LogP contribution in [0.1, 0.15) is 20.3 Å². The van der Waals surface area contributed by atoms with Crippen molar-refractivity contribution >= 4 is 23.7 Å². The number of guanidine groups is 2. The van der Waals surface area contributed by atoms with Crippen LogP contribution in [0.25, 0.3) is 0 Å². The third-order valence-corrected chi connectivity index (χ3v) is 5.88. The largest absolute Gasteiger partial charge is 0.436 e. The van der Waals surface area contributed by atoms with Gasteiger partial charge in [-0.15, -0.1) is 0 Å². The highest BCUT2D eigenvalue weighted by atomic mass is 16.6. The molecule has 0 aliphatic carbocycles. The van der Waals surface area contributed by atoms with Crippen molar-refractivity contribution in [3.05, 3.63) is 30.3 Å². The molecule has 0 saturated carbocycles. The second-order valence-electron chi connectivity index (χ2n) is 7.55. The number of hydrogen-bond donors (Lipinski definition) is 7. The van der Waals surface area contributed by atoms with Crippen molar-refractivity contribution in [3.63, 3.8) is 0 Å². The molecule has 11 nitrogen and oxygen atoms in total. The van der Waals surface area contributed by atoms with Gasteiger partial charge >= 0.3 is 12.1 Å². The first-order valence-electron chi connectivity index (χ1n) is 9.49. The highest BCUT2D eigenvalue weighted by molar-refractivity contribution is 5.85. The van der Waals surface area contributed by atoms with E-state index >= 15 is 0 Å². The third-order valence-electron chi connectivity index (χ3n) is 5.88. The molecule has 1 saturated heterocycles. The molecular weight excluding hydrogens is 378 g/mol.